The Bertz CT molecular complexity index is 544. The monoisotopic (exact) mass is 293 g/mol. The lowest BCUT2D eigenvalue weighted by atomic mass is 10.1. The fraction of sp³-hybridized carbons (Fsp3) is 0.467. The molecule has 0 spiro atoms. The van der Waals surface area contributed by atoms with Crippen molar-refractivity contribution < 1.29 is 24.2 Å². The number of likely N-dealkylation sites (tertiary alicyclic amines) is 1. The molecule has 1 saturated heterocycles. The standard InChI is InChI=1S/C15H19NO5/c1-9-12(20-2)6-11(7-13(9)21-3)14(17)16-5-4-10(8-16)15(18)19/h6-7,10H,4-5,8H2,1-3H3,(H,18,19)/t10-/m1/s1. The molecule has 1 aromatic carbocycles. The molecule has 0 aliphatic carbocycles. The first-order valence-corrected chi connectivity index (χ1v) is 6.72. The second-order valence-electron chi connectivity index (χ2n) is 5.08. The van der Waals surface area contributed by atoms with E-state index in [4.69, 9.17) is 14.6 Å². The number of carbonyl (C=O) groups is 2. The van der Waals surface area contributed by atoms with Gasteiger partial charge in [0, 0.05) is 24.2 Å². The minimum absolute atomic E-state index is 0.199. The Morgan fingerprint density at radius 1 is 1.24 bits per heavy atom. The highest BCUT2D eigenvalue weighted by molar-refractivity contribution is 5.96. The summed E-state index contributed by atoms with van der Waals surface area (Å²) in [5.41, 5.74) is 1.27. The van der Waals surface area contributed by atoms with Crippen LogP contribution in [0.5, 0.6) is 11.5 Å². The summed E-state index contributed by atoms with van der Waals surface area (Å²) < 4.78 is 10.5. The second-order valence-corrected chi connectivity index (χ2v) is 5.08. The molecule has 1 atom stereocenters. The zero-order valence-corrected chi connectivity index (χ0v) is 12.4. The van der Waals surface area contributed by atoms with Crippen LogP contribution in [-0.4, -0.2) is 49.2 Å². The van der Waals surface area contributed by atoms with Crippen LogP contribution in [0.25, 0.3) is 0 Å². The fourth-order valence-electron chi connectivity index (χ4n) is 2.54. The molecular weight excluding hydrogens is 274 g/mol. The number of methoxy groups -OCH3 is 2. The van der Waals surface area contributed by atoms with Gasteiger partial charge in [-0.05, 0) is 25.5 Å². The highest BCUT2D eigenvalue weighted by Crippen LogP contribution is 2.30. The third kappa shape index (κ3) is 2.94. The number of benzene rings is 1. The van der Waals surface area contributed by atoms with E-state index in [-0.39, 0.29) is 12.5 Å². The van der Waals surface area contributed by atoms with Crippen LogP contribution in [0.15, 0.2) is 12.1 Å². The van der Waals surface area contributed by atoms with Crippen molar-refractivity contribution in [3.8, 4) is 11.5 Å². The summed E-state index contributed by atoms with van der Waals surface area (Å²) in [4.78, 5) is 25.0. The van der Waals surface area contributed by atoms with E-state index in [1.807, 2.05) is 6.92 Å². The Morgan fingerprint density at radius 2 is 1.81 bits per heavy atom. The number of hydrogen-bond donors (Lipinski definition) is 1. The summed E-state index contributed by atoms with van der Waals surface area (Å²) in [6.45, 7) is 2.54. The Morgan fingerprint density at radius 3 is 2.24 bits per heavy atom. The molecule has 6 heteroatoms. The molecule has 6 nitrogen and oxygen atoms in total. The van der Waals surface area contributed by atoms with Crippen LogP contribution in [0.3, 0.4) is 0 Å². The van der Waals surface area contributed by atoms with Crippen molar-refractivity contribution in [3.05, 3.63) is 23.3 Å². The van der Waals surface area contributed by atoms with Gasteiger partial charge in [0.1, 0.15) is 11.5 Å². The number of hydrogen-bond acceptors (Lipinski definition) is 4. The predicted octanol–water partition coefficient (Wildman–Crippen LogP) is 1.56. The molecule has 1 fully saturated rings. The van der Waals surface area contributed by atoms with Crippen LogP contribution >= 0.6 is 0 Å². The molecule has 0 radical (unpaired) electrons. The van der Waals surface area contributed by atoms with E-state index in [1.54, 1.807) is 17.0 Å². The van der Waals surface area contributed by atoms with Gasteiger partial charge in [-0.3, -0.25) is 9.59 Å². The van der Waals surface area contributed by atoms with Crippen molar-refractivity contribution in [2.24, 2.45) is 5.92 Å². The zero-order valence-electron chi connectivity index (χ0n) is 12.4. The zero-order chi connectivity index (χ0) is 15.6. The number of carbonyl (C=O) groups excluding carboxylic acids is 1. The maximum Gasteiger partial charge on any atom is 0.308 e. The average Bonchev–Trinajstić information content (AvgIpc) is 2.96. The fourth-order valence-corrected chi connectivity index (χ4v) is 2.54. The second kappa shape index (κ2) is 6.03. The molecule has 0 unspecified atom stereocenters. The highest BCUT2D eigenvalue weighted by atomic mass is 16.5. The SMILES string of the molecule is COc1cc(C(=O)N2CC[C@@H](C(=O)O)C2)cc(OC)c1C. The third-order valence-electron chi connectivity index (χ3n) is 3.82. The van der Waals surface area contributed by atoms with Gasteiger partial charge in [0.2, 0.25) is 0 Å². The molecule has 1 amide bonds. The lowest BCUT2D eigenvalue weighted by Crippen LogP contribution is -2.30. The molecule has 1 aliphatic heterocycles. The molecule has 0 bridgehead atoms. The van der Waals surface area contributed by atoms with E-state index < -0.39 is 11.9 Å². The van der Waals surface area contributed by atoms with Crippen LogP contribution in [0.4, 0.5) is 0 Å². The summed E-state index contributed by atoms with van der Waals surface area (Å²) in [5, 5.41) is 9.01. The van der Waals surface area contributed by atoms with E-state index in [1.165, 1.54) is 14.2 Å². The van der Waals surface area contributed by atoms with Crippen molar-refractivity contribution in [2.45, 2.75) is 13.3 Å². The summed E-state index contributed by atoms with van der Waals surface area (Å²) in [5.74, 6) is -0.388. The first-order chi connectivity index (χ1) is 9.97. The Labute approximate surface area is 123 Å². The molecular formula is C15H19NO5. The summed E-state index contributed by atoms with van der Waals surface area (Å²) in [6, 6.07) is 3.32. The number of carboxylic acid groups (broad SMARTS) is 1. The Hall–Kier alpha value is -2.24. The molecule has 1 aromatic rings. The average molecular weight is 293 g/mol. The molecule has 0 saturated carbocycles. The Balaban J connectivity index is 2.26. The van der Waals surface area contributed by atoms with E-state index in [2.05, 4.69) is 0 Å². The topological polar surface area (TPSA) is 76.1 Å². The van der Waals surface area contributed by atoms with Crippen molar-refractivity contribution >= 4 is 11.9 Å². The summed E-state index contributed by atoms with van der Waals surface area (Å²) in [7, 11) is 3.07. The van der Waals surface area contributed by atoms with Gasteiger partial charge in [-0.1, -0.05) is 0 Å². The molecule has 1 heterocycles. The first kappa shape index (κ1) is 15.2. The maximum absolute atomic E-state index is 12.5. The normalized spacial score (nSPS) is 17.7. The van der Waals surface area contributed by atoms with Gasteiger partial charge in [-0.2, -0.15) is 0 Å². The van der Waals surface area contributed by atoms with Gasteiger partial charge >= 0.3 is 5.97 Å². The van der Waals surface area contributed by atoms with E-state index >= 15 is 0 Å². The molecule has 1 N–H and O–H groups in total. The number of amides is 1. The third-order valence-corrected chi connectivity index (χ3v) is 3.82. The molecule has 2 rings (SSSR count). The van der Waals surface area contributed by atoms with Crippen LogP contribution in [-0.2, 0) is 4.79 Å². The van der Waals surface area contributed by atoms with E-state index in [0.717, 1.165) is 5.56 Å². The van der Waals surface area contributed by atoms with Crippen LogP contribution in [0.2, 0.25) is 0 Å². The van der Waals surface area contributed by atoms with Gasteiger partial charge in [-0.25, -0.2) is 0 Å². The molecule has 0 aromatic heterocycles. The van der Waals surface area contributed by atoms with Gasteiger partial charge in [0.05, 0.1) is 20.1 Å². The maximum atomic E-state index is 12.5. The van der Waals surface area contributed by atoms with Gasteiger partial charge < -0.3 is 19.5 Å². The van der Waals surface area contributed by atoms with Crippen molar-refractivity contribution in [1.29, 1.82) is 0 Å². The van der Waals surface area contributed by atoms with Gasteiger partial charge in [0.15, 0.2) is 0 Å². The summed E-state index contributed by atoms with van der Waals surface area (Å²) in [6.07, 6.45) is 0.487. The Kier molecular flexibility index (Phi) is 4.35. The smallest absolute Gasteiger partial charge is 0.308 e. The minimum atomic E-state index is -0.857. The largest absolute Gasteiger partial charge is 0.496 e. The molecule has 21 heavy (non-hydrogen) atoms. The van der Waals surface area contributed by atoms with Crippen LogP contribution < -0.4 is 9.47 Å². The quantitative estimate of drug-likeness (QED) is 0.911. The van der Waals surface area contributed by atoms with Crippen molar-refractivity contribution in [2.75, 3.05) is 27.3 Å². The first-order valence-electron chi connectivity index (χ1n) is 6.72. The van der Waals surface area contributed by atoms with E-state index in [0.29, 0.717) is 30.0 Å². The number of nitrogens with zero attached hydrogens (tertiary/aromatic N) is 1. The van der Waals surface area contributed by atoms with E-state index in [9.17, 15) is 9.59 Å². The predicted molar refractivity (Wildman–Crippen MR) is 75.9 cm³/mol. The van der Waals surface area contributed by atoms with Crippen molar-refractivity contribution in [3.63, 3.8) is 0 Å². The van der Waals surface area contributed by atoms with Gasteiger partial charge in [0.25, 0.3) is 5.91 Å². The minimum Gasteiger partial charge on any atom is -0.496 e. The summed E-state index contributed by atoms with van der Waals surface area (Å²) >= 11 is 0. The number of rotatable bonds is 4. The molecule has 114 valence electrons. The van der Waals surface area contributed by atoms with Crippen LogP contribution in [0, 0.1) is 12.8 Å². The highest BCUT2D eigenvalue weighted by Gasteiger charge is 2.31. The number of carboxylic acids is 1. The molecule has 1 aliphatic rings. The number of aliphatic carboxylic acids is 1. The lowest BCUT2D eigenvalue weighted by molar-refractivity contribution is -0.141. The van der Waals surface area contributed by atoms with Gasteiger partial charge in [-0.15, -0.1) is 0 Å². The lowest BCUT2D eigenvalue weighted by Gasteiger charge is -2.18. The van der Waals surface area contributed by atoms with Crippen LogP contribution in [0.1, 0.15) is 22.3 Å². The number of ether oxygens (including phenoxy) is 2. The van der Waals surface area contributed by atoms with Crippen molar-refractivity contribution in [1.82, 2.24) is 4.90 Å².